The highest BCUT2D eigenvalue weighted by molar-refractivity contribution is 6.30. The van der Waals surface area contributed by atoms with Crippen LogP contribution in [0.25, 0.3) is 0 Å². The molecule has 134 valence electrons. The van der Waals surface area contributed by atoms with Gasteiger partial charge in [-0.25, -0.2) is 0 Å². The number of nitrogens with zero attached hydrogens (tertiary/aromatic N) is 1. The minimum atomic E-state index is -0.404. The second-order valence-electron chi connectivity index (χ2n) is 6.80. The fourth-order valence-corrected chi connectivity index (χ4v) is 3.66. The third kappa shape index (κ3) is 4.51. The standard InChI is InChI=1S/C18H22ClN3O3/c19-14-3-1-13(2-4-14)11-18(7-5-15(23)21-18)8-6-17(25)22-10-9-20-16(24)12-22/h1-4H,5-12H2,(H,20,24)(H,21,23). The molecule has 1 aromatic rings. The maximum atomic E-state index is 12.4. The Morgan fingerprint density at radius 3 is 2.60 bits per heavy atom. The molecule has 2 N–H and O–H groups in total. The molecular weight excluding hydrogens is 342 g/mol. The second kappa shape index (κ2) is 7.44. The molecule has 0 saturated carbocycles. The first kappa shape index (κ1) is 17.7. The largest absolute Gasteiger partial charge is 0.353 e. The number of nitrogens with one attached hydrogen (secondary N) is 2. The van der Waals surface area contributed by atoms with Crippen LogP contribution in [-0.4, -0.2) is 47.8 Å². The van der Waals surface area contributed by atoms with Gasteiger partial charge in [-0.2, -0.15) is 0 Å². The number of piperazine rings is 1. The molecule has 2 fully saturated rings. The first-order valence-electron chi connectivity index (χ1n) is 8.56. The average molecular weight is 364 g/mol. The number of hydrogen-bond acceptors (Lipinski definition) is 3. The quantitative estimate of drug-likeness (QED) is 0.827. The Balaban J connectivity index is 1.64. The summed E-state index contributed by atoms with van der Waals surface area (Å²) >= 11 is 5.93. The topological polar surface area (TPSA) is 78.5 Å². The van der Waals surface area contributed by atoms with Gasteiger partial charge in [-0.1, -0.05) is 23.7 Å². The summed E-state index contributed by atoms with van der Waals surface area (Å²) in [5.74, 6) is -0.130. The Morgan fingerprint density at radius 1 is 1.20 bits per heavy atom. The molecule has 3 rings (SSSR count). The summed E-state index contributed by atoms with van der Waals surface area (Å²) in [4.78, 5) is 37.3. The summed E-state index contributed by atoms with van der Waals surface area (Å²) < 4.78 is 0. The van der Waals surface area contributed by atoms with Crippen LogP contribution in [0, 0.1) is 0 Å². The van der Waals surface area contributed by atoms with Crippen molar-refractivity contribution >= 4 is 29.3 Å². The van der Waals surface area contributed by atoms with Gasteiger partial charge in [0, 0.05) is 36.5 Å². The van der Waals surface area contributed by atoms with Crippen LogP contribution < -0.4 is 10.6 Å². The van der Waals surface area contributed by atoms with Crippen LogP contribution in [0.5, 0.6) is 0 Å². The number of carbonyl (C=O) groups is 3. The van der Waals surface area contributed by atoms with Gasteiger partial charge in [0.15, 0.2) is 0 Å². The molecular formula is C18H22ClN3O3. The van der Waals surface area contributed by atoms with E-state index >= 15 is 0 Å². The van der Waals surface area contributed by atoms with Gasteiger partial charge in [0.25, 0.3) is 0 Å². The highest BCUT2D eigenvalue weighted by Crippen LogP contribution is 2.30. The zero-order valence-electron chi connectivity index (χ0n) is 14.0. The monoisotopic (exact) mass is 363 g/mol. The van der Waals surface area contributed by atoms with Gasteiger partial charge in [-0.15, -0.1) is 0 Å². The molecule has 6 nitrogen and oxygen atoms in total. The first-order chi connectivity index (χ1) is 12.0. The van der Waals surface area contributed by atoms with E-state index in [1.165, 1.54) is 0 Å². The van der Waals surface area contributed by atoms with Gasteiger partial charge < -0.3 is 15.5 Å². The van der Waals surface area contributed by atoms with E-state index in [9.17, 15) is 14.4 Å². The highest BCUT2D eigenvalue weighted by Gasteiger charge is 2.38. The molecule has 2 heterocycles. The molecule has 1 aromatic carbocycles. The Morgan fingerprint density at radius 2 is 1.96 bits per heavy atom. The maximum Gasteiger partial charge on any atom is 0.239 e. The number of benzene rings is 1. The fourth-order valence-electron chi connectivity index (χ4n) is 3.53. The van der Waals surface area contributed by atoms with Crippen molar-refractivity contribution in [1.82, 2.24) is 15.5 Å². The Bertz CT molecular complexity index is 677. The molecule has 0 aromatic heterocycles. The van der Waals surface area contributed by atoms with E-state index in [4.69, 9.17) is 11.6 Å². The molecule has 0 radical (unpaired) electrons. The minimum Gasteiger partial charge on any atom is -0.353 e. The van der Waals surface area contributed by atoms with Crippen LogP contribution in [0.1, 0.15) is 31.2 Å². The molecule has 2 aliphatic rings. The van der Waals surface area contributed by atoms with E-state index in [2.05, 4.69) is 10.6 Å². The van der Waals surface area contributed by atoms with Crippen LogP contribution in [0.2, 0.25) is 5.02 Å². The Hall–Kier alpha value is -2.08. The van der Waals surface area contributed by atoms with Crippen LogP contribution >= 0.6 is 11.6 Å². The Labute approximate surface area is 151 Å². The van der Waals surface area contributed by atoms with Crippen molar-refractivity contribution in [3.8, 4) is 0 Å². The van der Waals surface area contributed by atoms with Gasteiger partial charge in [0.1, 0.15) is 0 Å². The predicted octanol–water partition coefficient (Wildman–Crippen LogP) is 1.27. The first-order valence-corrected chi connectivity index (χ1v) is 8.94. The van der Waals surface area contributed by atoms with Crippen molar-refractivity contribution in [3.05, 3.63) is 34.9 Å². The normalized spacial score (nSPS) is 23.3. The van der Waals surface area contributed by atoms with E-state index in [0.29, 0.717) is 50.2 Å². The molecule has 2 saturated heterocycles. The molecule has 0 spiro atoms. The van der Waals surface area contributed by atoms with Crippen molar-refractivity contribution < 1.29 is 14.4 Å². The van der Waals surface area contributed by atoms with Crippen LogP contribution in [0.4, 0.5) is 0 Å². The molecule has 2 aliphatic heterocycles. The molecule has 7 heteroatoms. The SMILES string of the molecule is O=C1CN(C(=O)CCC2(Cc3ccc(Cl)cc3)CCC(=O)N2)CCN1. The lowest BCUT2D eigenvalue weighted by atomic mass is 9.85. The summed E-state index contributed by atoms with van der Waals surface area (Å²) in [5, 5.41) is 6.46. The lowest BCUT2D eigenvalue weighted by molar-refractivity contribution is -0.138. The van der Waals surface area contributed by atoms with Crippen molar-refractivity contribution in [3.63, 3.8) is 0 Å². The van der Waals surface area contributed by atoms with E-state index in [0.717, 1.165) is 5.56 Å². The highest BCUT2D eigenvalue weighted by atomic mass is 35.5. The van der Waals surface area contributed by atoms with Gasteiger partial charge in [0.05, 0.1) is 6.54 Å². The molecule has 1 atom stereocenters. The smallest absolute Gasteiger partial charge is 0.239 e. The number of rotatable bonds is 5. The number of amides is 3. The van der Waals surface area contributed by atoms with Crippen LogP contribution in [0.15, 0.2) is 24.3 Å². The van der Waals surface area contributed by atoms with Gasteiger partial charge in [0.2, 0.25) is 17.7 Å². The van der Waals surface area contributed by atoms with Crippen molar-refractivity contribution in [2.45, 2.75) is 37.6 Å². The lowest BCUT2D eigenvalue weighted by Crippen LogP contribution is -2.51. The van der Waals surface area contributed by atoms with Gasteiger partial charge in [-0.3, -0.25) is 14.4 Å². The second-order valence-corrected chi connectivity index (χ2v) is 7.23. The lowest BCUT2D eigenvalue weighted by Gasteiger charge is -2.31. The maximum absolute atomic E-state index is 12.4. The number of halogens is 1. The van der Waals surface area contributed by atoms with Gasteiger partial charge >= 0.3 is 0 Å². The zero-order valence-corrected chi connectivity index (χ0v) is 14.8. The minimum absolute atomic E-state index is 0.0266. The Kier molecular flexibility index (Phi) is 5.27. The van der Waals surface area contributed by atoms with Crippen LogP contribution in [-0.2, 0) is 20.8 Å². The molecule has 0 aliphatic carbocycles. The third-order valence-corrected chi connectivity index (χ3v) is 5.15. The van der Waals surface area contributed by atoms with Crippen molar-refractivity contribution in [2.24, 2.45) is 0 Å². The molecule has 3 amide bonds. The van der Waals surface area contributed by atoms with Crippen molar-refractivity contribution in [1.29, 1.82) is 0 Å². The summed E-state index contributed by atoms with van der Waals surface area (Å²) in [7, 11) is 0. The number of hydrogen-bond donors (Lipinski definition) is 2. The van der Waals surface area contributed by atoms with E-state index in [1.807, 2.05) is 24.3 Å². The zero-order chi connectivity index (χ0) is 17.9. The van der Waals surface area contributed by atoms with Gasteiger partial charge in [-0.05, 0) is 37.0 Å². The van der Waals surface area contributed by atoms with E-state index in [1.54, 1.807) is 4.90 Å². The summed E-state index contributed by atoms with van der Waals surface area (Å²) in [6.45, 7) is 1.16. The van der Waals surface area contributed by atoms with Crippen LogP contribution in [0.3, 0.4) is 0 Å². The summed E-state index contributed by atoms with van der Waals surface area (Å²) in [6.07, 6.45) is 2.75. The fraction of sp³-hybridized carbons (Fsp3) is 0.500. The average Bonchev–Trinajstić information content (AvgIpc) is 2.96. The summed E-state index contributed by atoms with van der Waals surface area (Å²) in [5.41, 5.74) is 0.676. The molecule has 25 heavy (non-hydrogen) atoms. The third-order valence-electron chi connectivity index (χ3n) is 4.90. The van der Waals surface area contributed by atoms with Crippen molar-refractivity contribution in [2.75, 3.05) is 19.6 Å². The molecule has 1 unspecified atom stereocenters. The van der Waals surface area contributed by atoms with E-state index < -0.39 is 5.54 Å². The number of carbonyl (C=O) groups excluding carboxylic acids is 3. The summed E-state index contributed by atoms with van der Waals surface area (Å²) in [6, 6.07) is 7.56. The van der Waals surface area contributed by atoms with E-state index in [-0.39, 0.29) is 24.3 Å². The molecule has 0 bridgehead atoms. The predicted molar refractivity (Wildman–Crippen MR) is 94.1 cm³/mol.